The molecule has 5 nitrogen and oxygen atoms in total. The molecule has 3 rings (SSSR count). The van der Waals surface area contributed by atoms with Crippen LogP contribution in [0, 0.1) is 11.8 Å². The zero-order chi connectivity index (χ0) is 16.8. The molecular weight excluding hydrogens is 316 g/mol. The Balaban J connectivity index is 1.45. The molecule has 2 N–H and O–H groups in total. The highest BCUT2D eigenvalue weighted by Gasteiger charge is 2.56. The van der Waals surface area contributed by atoms with Crippen molar-refractivity contribution in [3.8, 4) is 5.75 Å². The summed E-state index contributed by atoms with van der Waals surface area (Å²) >= 11 is 5.91. The summed E-state index contributed by atoms with van der Waals surface area (Å²) in [5.41, 5.74) is 0.599. The number of hydrogen-bond donors (Lipinski definition) is 2. The van der Waals surface area contributed by atoms with Gasteiger partial charge in [-0.3, -0.25) is 0 Å². The summed E-state index contributed by atoms with van der Waals surface area (Å²) in [6.45, 7) is 7.88. The van der Waals surface area contributed by atoms with Crippen LogP contribution >= 0.6 is 11.6 Å². The van der Waals surface area contributed by atoms with Gasteiger partial charge < -0.3 is 20.1 Å². The number of rotatable bonds is 3. The Kier molecular flexibility index (Phi) is 4.19. The summed E-state index contributed by atoms with van der Waals surface area (Å²) in [5.74, 6) is 1.12. The second kappa shape index (κ2) is 5.87. The van der Waals surface area contributed by atoms with Crippen molar-refractivity contribution in [2.24, 2.45) is 11.8 Å². The van der Waals surface area contributed by atoms with Crippen LogP contribution in [0.4, 0.5) is 4.79 Å². The second-order valence-corrected chi connectivity index (χ2v) is 7.81. The number of nitrogens with zero attached hydrogens (tertiary/aromatic N) is 1. The van der Waals surface area contributed by atoms with Crippen LogP contribution in [-0.4, -0.2) is 40.8 Å². The number of phenols is 1. The average Bonchev–Trinajstić information content (AvgIpc) is 2.89. The van der Waals surface area contributed by atoms with Crippen molar-refractivity contribution in [1.29, 1.82) is 0 Å². The van der Waals surface area contributed by atoms with Gasteiger partial charge in [-0.1, -0.05) is 17.7 Å². The molecule has 0 aromatic heterocycles. The Labute approximate surface area is 141 Å². The first-order valence-electron chi connectivity index (χ1n) is 7.93. The van der Waals surface area contributed by atoms with E-state index in [2.05, 4.69) is 5.32 Å². The van der Waals surface area contributed by atoms with Crippen molar-refractivity contribution in [3.05, 3.63) is 28.8 Å². The number of nitrogens with one attached hydrogen (secondary N) is 1. The zero-order valence-electron chi connectivity index (χ0n) is 13.7. The zero-order valence-corrected chi connectivity index (χ0v) is 14.4. The number of carbonyl (C=O) groups excluding carboxylic acids is 1. The molecule has 0 radical (unpaired) electrons. The van der Waals surface area contributed by atoms with Gasteiger partial charge in [-0.25, -0.2) is 4.79 Å². The number of amides is 1. The Morgan fingerprint density at radius 1 is 1.39 bits per heavy atom. The van der Waals surface area contributed by atoms with E-state index >= 15 is 0 Å². The molecule has 0 bridgehead atoms. The first-order chi connectivity index (χ1) is 10.7. The van der Waals surface area contributed by atoms with Crippen LogP contribution in [0.15, 0.2) is 18.2 Å². The highest BCUT2D eigenvalue weighted by atomic mass is 35.5. The summed E-state index contributed by atoms with van der Waals surface area (Å²) in [6, 6.07) is 5.69. The third kappa shape index (κ3) is 3.72. The topological polar surface area (TPSA) is 61.8 Å². The number of ether oxygens (including phenoxy) is 1. The lowest BCUT2D eigenvalue weighted by atomic mass is 10.2. The minimum atomic E-state index is -0.445. The van der Waals surface area contributed by atoms with Gasteiger partial charge in [0, 0.05) is 25.7 Å². The number of benzene rings is 1. The van der Waals surface area contributed by atoms with Crippen molar-refractivity contribution in [3.63, 3.8) is 0 Å². The molecule has 1 aliphatic carbocycles. The average molecular weight is 339 g/mol. The van der Waals surface area contributed by atoms with Crippen molar-refractivity contribution in [2.75, 3.05) is 13.1 Å². The van der Waals surface area contributed by atoms with E-state index in [1.54, 1.807) is 17.0 Å². The summed E-state index contributed by atoms with van der Waals surface area (Å²) in [4.78, 5) is 13.8. The van der Waals surface area contributed by atoms with Crippen LogP contribution in [0.5, 0.6) is 5.75 Å². The fourth-order valence-electron chi connectivity index (χ4n) is 3.20. The SMILES string of the molecule is CC(C)(C)OC(=O)N1CC2C(C1)C2NCc1ccc(O)c(Cl)c1. The molecule has 1 aromatic rings. The van der Waals surface area contributed by atoms with E-state index in [9.17, 15) is 9.90 Å². The molecular formula is C17H23ClN2O3. The summed E-state index contributed by atoms with van der Waals surface area (Å²) in [7, 11) is 0. The number of piperidine rings is 1. The predicted octanol–water partition coefficient (Wildman–Crippen LogP) is 3.00. The number of halogens is 1. The molecule has 0 spiro atoms. The molecule has 2 unspecified atom stereocenters. The predicted molar refractivity (Wildman–Crippen MR) is 88.5 cm³/mol. The van der Waals surface area contributed by atoms with Gasteiger partial charge in [-0.05, 0) is 50.3 Å². The van der Waals surface area contributed by atoms with Gasteiger partial charge in [-0.15, -0.1) is 0 Å². The number of phenolic OH excluding ortho intramolecular Hbond substituents is 1. The van der Waals surface area contributed by atoms with Crippen molar-refractivity contribution < 1.29 is 14.6 Å². The molecule has 1 saturated carbocycles. The maximum absolute atomic E-state index is 12.0. The molecule has 1 heterocycles. The maximum Gasteiger partial charge on any atom is 0.410 e. The van der Waals surface area contributed by atoms with Crippen LogP contribution in [0.2, 0.25) is 5.02 Å². The second-order valence-electron chi connectivity index (χ2n) is 7.41. The van der Waals surface area contributed by atoms with E-state index in [0.717, 1.165) is 18.7 Å². The lowest BCUT2D eigenvalue weighted by Crippen LogP contribution is -2.39. The van der Waals surface area contributed by atoms with Crippen LogP contribution in [-0.2, 0) is 11.3 Å². The Morgan fingerprint density at radius 2 is 2.04 bits per heavy atom. The fourth-order valence-corrected chi connectivity index (χ4v) is 3.40. The quantitative estimate of drug-likeness (QED) is 0.889. The molecule has 2 aliphatic rings. The molecule has 1 aliphatic heterocycles. The van der Waals surface area contributed by atoms with Crippen molar-refractivity contribution in [1.82, 2.24) is 10.2 Å². The van der Waals surface area contributed by atoms with Crippen LogP contribution in [0.1, 0.15) is 26.3 Å². The lowest BCUT2D eigenvalue weighted by Gasteiger charge is -2.26. The monoisotopic (exact) mass is 338 g/mol. The standard InChI is InChI=1S/C17H23ClN2O3/c1-17(2,3)23-16(22)20-8-11-12(9-20)15(11)19-7-10-4-5-14(21)13(18)6-10/h4-6,11-12,15,19,21H,7-9H2,1-3H3. The van der Waals surface area contributed by atoms with Gasteiger partial charge in [-0.2, -0.15) is 0 Å². The molecule has 23 heavy (non-hydrogen) atoms. The highest BCUT2D eigenvalue weighted by molar-refractivity contribution is 6.32. The number of likely N-dealkylation sites (tertiary alicyclic amines) is 1. The number of aromatic hydroxyl groups is 1. The van der Waals surface area contributed by atoms with E-state index in [-0.39, 0.29) is 11.8 Å². The maximum atomic E-state index is 12.0. The molecule has 2 atom stereocenters. The van der Waals surface area contributed by atoms with Gasteiger partial charge >= 0.3 is 6.09 Å². The van der Waals surface area contributed by atoms with Crippen LogP contribution in [0.3, 0.4) is 0 Å². The van der Waals surface area contributed by atoms with Crippen molar-refractivity contribution >= 4 is 17.7 Å². The molecule has 126 valence electrons. The first-order valence-corrected chi connectivity index (χ1v) is 8.31. The van der Waals surface area contributed by atoms with E-state index in [4.69, 9.17) is 16.3 Å². The van der Waals surface area contributed by atoms with Crippen LogP contribution < -0.4 is 5.32 Å². The van der Waals surface area contributed by atoms with Gasteiger partial charge in [0.15, 0.2) is 0 Å². The minimum Gasteiger partial charge on any atom is -0.506 e. The van der Waals surface area contributed by atoms with Gasteiger partial charge in [0.1, 0.15) is 11.4 Å². The van der Waals surface area contributed by atoms with E-state index in [1.807, 2.05) is 26.8 Å². The number of carbonyl (C=O) groups is 1. The van der Waals surface area contributed by atoms with E-state index < -0.39 is 5.60 Å². The van der Waals surface area contributed by atoms with Gasteiger partial charge in [0.25, 0.3) is 0 Å². The van der Waals surface area contributed by atoms with Crippen LogP contribution in [0.25, 0.3) is 0 Å². The van der Waals surface area contributed by atoms with Gasteiger partial charge in [0.05, 0.1) is 5.02 Å². The normalized spacial score (nSPS) is 26.1. The third-order valence-electron chi connectivity index (χ3n) is 4.40. The van der Waals surface area contributed by atoms with Gasteiger partial charge in [0.2, 0.25) is 0 Å². The van der Waals surface area contributed by atoms with Crippen molar-refractivity contribution in [2.45, 2.75) is 39.0 Å². The summed E-state index contributed by atoms with van der Waals surface area (Å²) < 4.78 is 5.41. The number of hydrogen-bond acceptors (Lipinski definition) is 4. The smallest absolute Gasteiger partial charge is 0.410 e. The fraction of sp³-hybridized carbons (Fsp3) is 0.588. The molecule has 6 heteroatoms. The summed E-state index contributed by atoms with van der Waals surface area (Å²) in [5, 5.41) is 13.3. The van der Waals surface area contributed by atoms with E-state index in [1.165, 1.54) is 0 Å². The largest absolute Gasteiger partial charge is 0.506 e. The molecule has 1 aromatic carbocycles. The first kappa shape index (κ1) is 16.4. The lowest BCUT2D eigenvalue weighted by molar-refractivity contribution is 0.0269. The Bertz CT molecular complexity index is 602. The summed E-state index contributed by atoms with van der Waals surface area (Å²) in [6.07, 6.45) is -0.214. The molecule has 1 amide bonds. The Morgan fingerprint density at radius 3 is 2.61 bits per heavy atom. The third-order valence-corrected chi connectivity index (χ3v) is 4.70. The Hall–Kier alpha value is -1.46. The number of fused-ring (bicyclic) bond motifs is 1. The minimum absolute atomic E-state index is 0.103. The highest BCUT2D eigenvalue weighted by Crippen LogP contribution is 2.46. The van der Waals surface area contributed by atoms with E-state index in [0.29, 0.717) is 29.4 Å². The molecule has 2 fully saturated rings. The molecule has 1 saturated heterocycles.